The van der Waals surface area contributed by atoms with Gasteiger partial charge in [-0.25, -0.2) is 14.2 Å². The standard InChI is InChI=1S/C17H15FN4O3S2/c18-13-5-1-3-11(7-13)8-20-16(23)22-17-21-14(10-26-17)15(27(24)25)12-4-2-6-19-9-12/h1-7,9-10,15H,8H2,(H,24,25)(H2,20,21,22,23)/p-1. The van der Waals surface area contributed by atoms with E-state index in [9.17, 15) is 17.9 Å². The zero-order chi connectivity index (χ0) is 19.2. The van der Waals surface area contributed by atoms with Crippen molar-refractivity contribution in [2.24, 2.45) is 0 Å². The maximum Gasteiger partial charge on any atom is 0.321 e. The summed E-state index contributed by atoms with van der Waals surface area (Å²) >= 11 is -1.34. The number of urea groups is 1. The summed E-state index contributed by atoms with van der Waals surface area (Å²) < 4.78 is 36.4. The van der Waals surface area contributed by atoms with Crippen LogP contribution in [0.25, 0.3) is 0 Å². The summed E-state index contributed by atoms with van der Waals surface area (Å²) in [5.41, 5.74) is 1.39. The number of pyridine rings is 1. The van der Waals surface area contributed by atoms with Gasteiger partial charge in [0, 0.05) is 24.3 Å². The number of carbonyl (C=O) groups is 1. The topological polar surface area (TPSA) is 107 Å². The number of halogens is 1. The summed E-state index contributed by atoms with van der Waals surface area (Å²) in [6.45, 7) is 0.144. The van der Waals surface area contributed by atoms with Crippen LogP contribution in [0.4, 0.5) is 14.3 Å². The Bertz CT molecular complexity index is 952. The van der Waals surface area contributed by atoms with Crippen molar-refractivity contribution in [3.63, 3.8) is 0 Å². The van der Waals surface area contributed by atoms with E-state index in [0.717, 1.165) is 11.3 Å². The van der Waals surface area contributed by atoms with Gasteiger partial charge in [0.1, 0.15) is 5.82 Å². The molecule has 0 fully saturated rings. The molecule has 3 aromatic rings. The highest BCUT2D eigenvalue weighted by atomic mass is 32.2. The Balaban J connectivity index is 1.64. The zero-order valence-electron chi connectivity index (χ0n) is 13.8. The van der Waals surface area contributed by atoms with Crippen LogP contribution in [0.1, 0.15) is 22.1 Å². The van der Waals surface area contributed by atoms with Crippen molar-refractivity contribution in [1.29, 1.82) is 0 Å². The molecule has 2 amide bonds. The molecule has 0 saturated carbocycles. The minimum atomic E-state index is -2.44. The van der Waals surface area contributed by atoms with Gasteiger partial charge in [-0.1, -0.05) is 18.2 Å². The molecule has 2 unspecified atom stereocenters. The van der Waals surface area contributed by atoms with E-state index in [0.29, 0.717) is 16.8 Å². The Kier molecular flexibility index (Phi) is 6.22. The van der Waals surface area contributed by atoms with Crippen molar-refractivity contribution in [3.05, 3.63) is 76.8 Å². The summed E-state index contributed by atoms with van der Waals surface area (Å²) in [5, 5.41) is 5.97. The van der Waals surface area contributed by atoms with Gasteiger partial charge < -0.3 is 9.87 Å². The van der Waals surface area contributed by atoms with Gasteiger partial charge >= 0.3 is 6.03 Å². The second-order valence-corrected chi connectivity index (χ2v) is 7.29. The van der Waals surface area contributed by atoms with Crippen molar-refractivity contribution in [1.82, 2.24) is 15.3 Å². The number of nitrogens with one attached hydrogen (secondary N) is 2. The number of aromatic nitrogens is 2. The molecular formula is C17H14FN4O3S2-. The van der Waals surface area contributed by atoms with Crippen LogP contribution < -0.4 is 10.6 Å². The number of rotatable bonds is 6. The SMILES string of the molecule is O=C(NCc1cccc(F)c1)Nc1nc(C(c2cccnc2)S(=O)[O-])cs1. The predicted octanol–water partition coefficient (Wildman–Crippen LogP) is 2.97. The van der Waals surface area contributed by atoms with E-state index in [4.69, 9.17) is 0 Å². The fourth-order valence-corrected chi connectivity index (χ4v) is 3.84. The summed E-state index contributed by atoms with van der Waals surface area (Å²) in [7, 11) is 0. The molecule has 10 heteroatoms. The highest BCUT2D eigenvalue weighted by molar-refractivity contribution is 7.79. The molecule has 7 nitrogen and oxygen atoms in total. The number of thiazole rings is 1. The number of nitrogens with zero attached hydrogens (tertiary/aromatic N) is 2. The molecule has 0 bridgehead atoms. The highest BCUT2D eigenvalue weighted by Gasteiger charge is 2.19. The van der Waals surface area contributed by atoms with Crippen LogP contribution in [0, 0.1) is 5.82 Å². The summed E-state index contributed by atoms with van der Waals surface area (Å²) in [4.78, 5) is 20.1. The summed E-state index contributed by atoms with van der Waals surface area (Å²) in [6.07, 6.45) is 3.00. The van der Waals surface area contributed by atoms with Crippen molar-refractivity contribution in [2.75, 3.05) is 5.32 Å². The third-order valence-electron chi connectivity index (χ3n) is 3.53. The largest absolute Gasteiger partial charge is 0.772 e. The molecule has 0 radical (unpaired) electrons. The van der Waals surface area contributed by atoms with Crippen molar-refractivity contribution in [3.8, 4) is 0 Å². The molecule has 0 aliphatic carbocycles. The molecule has 0 spiro atoms. The molecular weight excluding hydrogens is 391 g/mol. The molecule has 27 heavy (non-hydrogen) atoms. The number of benzene rings is 1. The van der Waals surface area contributed by atoms with Crippen LogP contribution in [0.15, 0.2) is 54.2 Å². The second kappa shape index (κ2) is 8.80. The molecule has 0 aliphatic rings. The summed E-state index contributed by atoms with van der Waals surface area (Å²) in [5.74, 6) is -0.383. The Morgan fingerprint density at radius 2 is 2.19 bits per heavy atom. The van der Waals surface area contributed by atoms with Crippen LogP contribution in [-0.4, -0.2) is 24.8 Å². The zero-order valence-corrected chi connectivity index (χ0v) is 15.4. The van der Waals surface area contributed by atoms with Gasteiger partial charge in [0.15, 0.2) is 5.13 Å². The fraction of sp³-hybridized carbons (Fsp3) is 0.118. The lowest BCUT2D eigenvalue weighted by atomic mass is 10.2. The first-order chi connectivity index (χ1) is 13.0. The van der Waals surface area contributed by atoms with Gasteiger partial charge in [0.2, 0.25) is 0 Å². The fourth-order valence-electron chi connectivity index (χ4n) is 2.35. The van der Waals surface area contributed by atoms with E-state index in [1.807, 2.05) is 0 Å². The molecule has 140 valence electrons. The smallest absolute Gasteiger partial charge is 0.321 e. The van der Waals surface area contributed by atoms with Gasteiger partial charge in [-0.2, -0.15) is 0 Å². The average molecular weight is 405 g/mol. The molecule has 0 saturated heterocycles. The van der Waals surface area contributed by atoms with Crippen molar-refractivity contribution in [2.45, 2.75) is 11.8 Å². The lowest BCUT2D eigenvalue weighted by Crippen LogP contribution is -2.28. The number of carbonyl (C=O) groups excluding carboxylic acids is 1. The van der Waals surface area contributed by atoms with Gasteiger partial charge in [-0.15, -0.1) is 11.3 Å². The van der Waals surface area contributed by atoms with E-state index in [1.165, 1.54) is 18.3 Å². The van der Waals surface area contributed by atoms with E-state index in [2.05, 4.69) is 20.6 Å². The molecule has 2 heterocycles. The van der Waals surface area contributed by atoms with Gasteiger partial charge in [-0.3, -0.25) is 14.5 Å². The Labute approximate surface area is 161 Å². The van der Waals surface area contributed by atoms with Crippen LogP contribution in [0.5, 0.6) is 0 Å². The van der Waals surface area contributed by atoms with E-state index in [-0.39, 0.29) is 17.5 Å². The quantitative estimate of drug-likeness (QED) is 0.613. The second-order valence-electron chi connectivity index (χ2n) is 5.44. The van der Waals surface area contributed by atoms with Crippen molar-refractivity contribution < 1.29 is 17.9 Å². The molecule has 3 rings (SSSR count). The first-order valence-corrected chi connectivity index (χ1v) is 9.77. The highest BCUT2D eigenvalue weighted by Crippen LogP contribution is 2.29. The predicted molar refractivity (Wildman–Crippen MR) is 99.4 cm³/mol. The molecule has 1 aromatic carbocycles. The number of amides is 2. The van der Waals surface area contributed by atoms with Crippen LogP contribution in [0.3, 0.4) is 0 Å². The van der Waals surface area contributed by atoms with E-state index < -0.39 is 22.4 Å². The van der Waals surface area contributed by atoms with Crippen LogP contribution in [0.2, 0.25) is 0 Å². The van der Waals surface area contributed by atoms with E-state index >= 15 is 0 Å². The third-order valence-corrected chi connectivity index (χ3v) is 5.21. The van der Waals surface area contributed by atoms with E-state index in [1.54, 1.807) is 35.8 Å². The molecule has 0 aliphatic heterocycles. The summed E-state index contributed by atoms with van der Waals surface area (Å²) in [6, 6.07) is 8.64. The first kappa shape index (κ1) is 19.1. The van der Waals surface area contributed by atoms with Gasteiger partial charge in [0.05, 0.1) is 10.9 Å². The number of hydrogen-bond acceptors (Lipinski definition) is 6. The third kappa shape index (κ3) is 5.16. The average Bonchev–Trinajstić information content (AvgIpc) is 3.08. The lowest BCUT2D eigenvalue weighted by Gasteiger charge is -2.17. The van der Waals surface area contributed by atoms with Gasteiger partial charge in [0.25, 0.3) is 0 Å². The minimum absolute atomic E-state index is 0.144. The Morgan fingerprint density at radius 1 is 1.33 bits per heavy atom. The number of hydrogen-bond donors (Lipinski definition) is 2. The van der Waals surface area contributed by atoms with Gasteiger partial charge in [-0.05, 0) is 40.4 Å². The maximum atomic E-state index is 13.1. The monoisotopic (exact) mass is 405 g/mol. The number of anilines is 1. The van der Waals surface area contributed by atoms with Crippen LogP contribution in [-0.2, 0) is 17.6 Å². The van der Waals surface area contributed by atoms with Crippen LogP contribution >= 0.6 is 11.3 Å². The Hall–Kier alpha value is -2.69. The molecule has 2 aromatic heterocycles. The lowest BCUT2D eigenvalue weighted by molar-refractivity contribution is 0.251. The normalized spacial score (nSPS) is 13.0. The first-order valence-electron chi connectivity index (χ1n) is 7.75. The maximum absolute atomic E-state index is 13.1. The van der Waals surface area contributed by atoms with Crippen molar-refractivity contribution >= 4 is 33.6 Å². The molecule has 2 N–H and O–H groups in total. The minimum Gasteiger partial charge on any atom is -0.772 e. The molecule has 2 atom stereocenters. The Morgan fingerprint density at radius 3 is 2.89 bits per heavy atom.